The summed E-state index contributed by atoms with van der Waals surface area (Å²) in [7, 11) is -3.73. The fourth-order valence-electron chi connectivity index (χ4n) is 3.17. The summed E-state index contributed by atoms with van der Waals surface area (Å²) in [4.78, 5) is 25.5. The molecule has 0 fully saturated rings. The molecule has 0 aliphatic carbocycles. The largest absolute Gasteiger partial charge is 0.352 e. The lowest BCUT2D eigenvalue weighted by atomic mass is 10.1. The van der Waals surface area contributed by atoms with Gasteiger partial charge in [-0.25, -0.2) is 8.42 Å². The summed E-state index contributed by atoms with van der Waals surface area (Å²) in [6, 6.07) is 10.9. The molecule has 8 heteroatoms. The number of unbranched alkanes of at least 4 members (excludes halogenated alkanes) is 1. The van der Waals surface area contributed by atoms with Crippen LogP contribution >= 0.6 is 0 Å². The first-order chi connectivity index (χ1) is 14.6. The molecule has 2 N–H and O–H groups in total. The van der Waals surface area contributed by atoms with Crippen molar-refractivity contribution in [3.8, 4) is 0 Å². The minimum absolute atomic E-state index is 0.286. The third-order valence-electron chi connectivity index (χ3n) is 5.08. The van der Waals surface area contributed by atoms with Crippen LogP contribution in [0.1, 0.15) is 48.2 Å². The number of hydrogen-bond donors (Lipinski definition) is 2. The van der Waals surface area contributed by atoms with E-state index in [2.05, 4.69) is 10.6 Å². The van der Waals surface area contributed by atoms with Gasteiger partial charge in [0.15, 0.2) is 0 Å². The number of para-hydroxylation sites is 1. The van der Waals surface area contributed by atoms with Gasteiger partial charge in [-0.2, -0.15) is 0 Å². The number of aryl methyl sites for hydroxylation is 2. The first kappa shape index (κ1) is 24.4. The van der Waals surface area contributed by atoms with Gasteiger partial charge in [0.05, 0.1) is 23.2 Å². The van der Waals surface area contributed by atoms with Gasteiger partial charge in [-0.3, -0.25) is 13.9 Å². The molecule has 0 aliphatic heterocycles. The number of hydrogen-bond acceptors (Lipinski definition) is 4. The molecule has 0 unspecified atom stereocenters. The maximum atomic E-state index is 13.0. The van der Waals surface area contributed by atoms with Crippen molar-refractivity contribution >= 4 is 33.2 Å². The topological polar surface area (TPSA) is 95.6 Å². The molecule has 0 aromatic heterocycles. The third-order valence-corrected chi connectivity index (χ3v) is 6.32. The van der Waals surface area contributed by atoms with Crippen LogP contribution in [-0.4, -0.2) is 39.1 Å². The average molecular weight is 446 g/mol. The number of carbonyl (C=O) groups excluding carboxylic acids is 2. The van der Waals surface area contributed by atoms with Gasteiger partial charge in [-0.05, 0) is 62.6 Å². The van der Waals surface area contributed by atoms with Gasteiger partial charge in [-0.15, -0.1) is 0 Å². The number of carbonyl (C=O) groups is 2. The Kier molecular flexibility index (Phi) is 8.21. The Hall–Kier alpha value is -2.87. The summed E-state index contributed by atoms with van der Waals surface area (Å²) in [6.45, 7) is 7.92. The van der Waals surface area contributed by atoms with Crippen LogP contribution in [0.3, 0.4) is 0 Å². The summed E-state index contributed by atoms with van der Waals surface area (Å²) < 4.78 is 26.2. The Morgan fingerprint density at radius 1 is 1.06 bits per heavy atom. The van der Waals surface area contributed by atoms with Crippen LogP contribution in [0.5, 0.6) is 0 Å². The molecule has 2 aromatic rings. The van der Waals surface area contributed by atoms with Gasteiger partial charge in [0.25, 0.3) is 5.91 Å². The highest BCUT2D eigenvalue weighted by atomic mass is 32.2. The van der Waals surface area contributed by atoms with E-state index in [1.54, 1.807) is 36.4 Å². The number of nitrogens with zero attached hydrogens (tertiary/aromatic N) is 1. The summed E-state index contributed by atoms with van der Waals surface area (Å²) in [5.74, 6) is -0.816. The van der Waals surface area contributed by atoms with E-state index in [1.165, 1.54) is 6.92 Å². The summed E-state index contributed by atoms with van der Waals surface area (Å²) in [5.41, 5.74) is 3.03. The lowest BCUT2D eigenvalue weighted by Gasteiger charge is -2.29. The van der Waals surface area contributed by atoms with Gasteiger partial charge < -0.3 is 10.6 Å². The van der Waals surface area contributed by atoms with E-state index in [-0.39, 0.29) is 5.91 Å². The maximum Gasteiger partial charge on any atom is 0.253 e. The monoisotopic (exact) mass is 445 g/mol. The van der Waals surface area contributed by atoms with E-state index in [0.717, 1.165) is 34.5 Å². The van der Waals surface area contributed by atoms with E-state index in [0.29, 0.717) is 23.5 Å². The minimum Gasteiger partial charge on any atom is -0.352 e. The Labute approximate surface area is 184 Å². The van der Waals surface area contributed by atoms with Gasteiger partial charge in [-0.1, -0.05) is 31.5 Å². The second-order valence-electron chi connectivity index (χ2n) is 7.65. The molecule has 0 bridgehead atoms. The molecule has 1 atom stereocenters. The quantitative estimate of drug-likeness (QED) is 0.576. The second kappa shape index (κ2) is 10.4. The molecule has 168 valence electrons. The highest BCUT2D eigenvalue weighted by molar-refractivity contribution is 7.92. The first-order valence-corrected chi connectivity index (χ1v) is 12.2. The van der Waals surface area contributed by atoms with Crippen molar-refractivity contribution in [2.45, 2.75) is 46.6 Å². The van der Waals surface area contributed by atoms with Gasteiger partial charge in [0.2, 0.25) is 15.9 Å². The predicted molar refractivity (Wildman–Crippen MR) is 125 cm³/mol. The van der Waals surface area contributed by atoms with Crippen LogP contribution in [-0.2, 0) is 14.8 Å². The lowest BCUT2D eigenvalue weighted by molar-refractivity contribution is -0.116. The molecule has 0 heterocycles. The standard InChI is InChI=1S/C23H31N3O4S/c1-6-7-14-24-23(28)20-10-8-9-11-21(20)25-22(27)18(4)26(31(5,29)30)19-13-12-16(2)17(3)15-19/h8-13,15,18H,6-7,14H2,1-5H3,(H,24,28)(H,25,27)/t18-/m1/s1. The van der Waals surface area contributed by atoms with E-state index in [4.69, 9.17) is 0 Å². The molecule has 0 saturated heterocycles. The number of amides is 2. The van der Waals surface area contributed by atoms with Crippen LogP contribution in [0.4, 0.5) is 11.4 Å². The Balaban J connectivity index is 2.29. The van der Waals surface area contributed by atoms with E-state index >= 15 is 0 Å². The fraction of sp³-hybridized carbons (Fsp3) is 0.391. The zero-order valence-electron chi connectivity index (χ0n) is 18.7. The van der Waals surface area contributed by atoms with Crippen LogP contribution in [0, 0.1) is 13.8 Å². The zero-order chi connectivity index (χ0) is 23.2. The number of anilines is 2. The van der Waals surface area contributed by atoms with Gasteiger partial charge >= 0.3 is 0 Å². The van der Waals surface area contributed by atoms with Crippen molar-refractivity contribution in [2.24, 2.45) is 0 Å². The van der Waals surface area contributed by atoms with Crippen molar-refractivity contribution in [3.63, 3.8) is 0 Å². The normalized spacial score (nSPS) is 12.2. The molecule has 0 saturated carbocycles. The van der Waals surface area contributed by atoms with Crippen molar-refractivity contribution < 1.29 is 18.0 Å². The summed E-state index contributed by atoms with van der Waals surface area (Å²) >= 11 is 0. The van der Waals surface area contributed by atoms with E-state index in [9.17, 15) is 18.0 Å². The summed E-state index contributed by atoms with van der Waals surface area (Å²) in [6.07, 6.45) is 2.88. The molecule has 2 aromatic carbocycles. The van der Waals surface area contributed by atoms with E-state index in [1.807, 2.05) is 26.8 Å². The molecule has 0 spiro atoms. The molecule has 0 radical (unpaired) electrons. The first-order valence-electron chi connectivity index (χ1n) is 10.3. The second-order valence-corrected chi connectivity index (χ2v) is 9.51. The third kappa shape index (κ3) is 6.30. The highest BCUT2D eigenvalue weighted by Gasteiger charge is 2.30. The SMILES string of the molecule is CCCCNC(=O)c1ccccc1NC(=O)[C@@H](C)N(c1ccc(C)c(C)c1)S(C)(=O)=O. The van der Waals surface area contributed by atoms with Crippen LogP contribution in [0.15, 0.2) is 42.5 Å². The molecular weight excluding hydrogens is 414 g/mol. The minimum atomic E-state index is -3.73. The number of sulfonamides is 1. The van der Waals surface area contributed by atoms with Crippen LogP contribution in [0.25, 0.3) is 0 Å². The number of benzene rings is 2. The van der Waals surface area contributed by atoms with Crippen molar-refractivity contribution in [1.29, 1.82) is 0 Å². The van der Waals surface area contributed by atoms with Gasteiger partial charge in [0, 0.05) is 6.54 Å². The molecule has 2 rings (SSSR count). The molecule has 2 amide bonds. The lowest BCUT2D eigenvalue weighted by Crippen LogP contribution is -2.45. The summed E-state index contributed by atoms with van der Waals surface area (Å²) in [5, 5.41) is 5.55. The Bertz CT molecular complexity index is 1050. The van der Waals surface area contributed by atoms with Crippen molar-refractivity contribution in [2.75, 3.05) is 22.4 Å². The Morgan fingerprint density at radius 2 is 1.74 bits per heavy atom. The van der Waals surface area contributed by atoms with E-state index < -0.39 is 22.0 Å². The maximum absolute atomic E-state index is 13.0. The fourth-order valence-corrected chi connectivity index (χ4v) is 4.34. The number of rotatable bonds is 9. The Morgan fingerprint density at radius 3 is 2.35 bits per heavy atom. The molecule has 31 heavy (non-hydrogen) atoms. The smallest absolute Gasteiger partial charge is 0.253 e. The number of nitrogens with one attached hydrogen (secondary N) is 2. The predicted octanol–water partition coefficient (Wildman–Crippen LogP) is 3.63. The average Bonchev–Trinajstić information content (AvgIpc) is 2.70. The van der Waals surface area contributed by atoms with Crippen LogP contribution < -0.4 is 14.9 Å². The molecule has 0 aliphatic rings. The van der Waals surface area contributed by atoms with Crippen molar-refractivity contribution in [1.82, 2.24) is 5.32 Å². The zero-order valence-corrected chi connectivity index (χ0v) is 19.5. The van der Waals surface area contributed by atoms with Crippen LogP contribution in [0.2, 0.25) is 0 Å². The highest BCUT2D eigenvalue weighted by Crippen LogP contribution is 2.25. The van der Waals surface area contributed by atoms with Crippen molar-refractivity contribution in [3.05, 3.63) is 59.2 Å². The molecular formula is C23H31N3O4S. The molecule has 7 nitrogen and oxygen atoms in total. The van der Waals surface area contributed by atoms with Gasteiger partial charge in [0.1, 0.15) is 6.04 Å².